The molecular formula is C23H21N3O3. The molecule has 0 spiro atoms. The molecule has 1 saturated carbocycles. The van der Waals surface area contributed by atoms with Crippen molar-refractivity contribution in [1.29, 1.82) is 0 Å². The molecular weight excluding hydrogens is 366 g/mol. The van der Waals surface area contributed by atoms with Gasteiger partial charge in [0.05, 0.1) is 11.3 Å². The highest BCUT2D eigenvalue weighted by Crippen LogP contribution is 2.32. The zero-order valence-electron chi connectivity index (χ0n) is 16.0. The van der Waals surface area contributed by atoms with Crippen LogP contribution in [0.25, 0.3) is 10.8 Å². The van der Waals surface area contributed by atoms with Gasteiger partial charge in [0.2, 0.25) is 11.8 Å². The monoisotopic (exact) mass is 387 g/mol. The third-order valence-corrected chi connectivity index (χ3v) is 4.78. The summed E-state index contributed by atoms with van der Waals surface area (Å²) >= 11 is 0. The van der Waals surface area contributed by atoms with Crippen LogP contribution >= 0.6 is 0 Å². The lowest BCUT2D eigenvalue weighted by Crippen LogP contribution is -2.19. The third-order valence-electron chi connectivity index (χ3n) is 4.78. The number of hydrogen-bond acceptors (Lipinski definition) is 3. The van der Waals surface area contributed by atoms with Crippen molar-refractivity contribution in [1.82, 2.24) is 0 Å². The van der Waals surface area contributed by atoms with E-state index in [1.54, 1.807) is 30.3 Å². The van der Waals surface area contributed by atoms with E-state index in [1.165, 1.54) is 6.92 Å². The van der Waals surface area contributed by atoms with Crippen LogP contribution in [0.2, 0.25) is 0 Å². The highest BCUT2D eigenvalue weighted by Gasteiger charge is 2.30. The first-order valence-electron chi connectivity index (χ1n) is 9.52. The molecule has 0 aromatic heterocycles. The Morgan fingerprint density at radius 3 is 2.10 bits per heavy atom. The van der Waals surface area contributed by atoms with Gasteiger partial charge in [-0.1, -0.05) is 30.3 Å². The molecule has 0 saturated heterocycles. The molecule has 1 fully saturated rings. The number of carbonyl (C=O) groups excluding carboxylic acids is 3. The molecule has 0 aliphatic heterocycles. The second-order valence-electron chi connectivity index (χ2n) is 7.22. The van der Waals surface area contributed by atoms with E-state index in [0.717, 1.165) is 23.6 Å². The second-order valence-corrected chi connectivity index (χ2v) is 7.22. The van der Waals surface area contributed by atoms with Crippen LogP contribution in [-0.4, -0.2) is 17.7 Å². The van der Waals surface area contributed by atoms with Crippen molar-refractivity contribution < 1.29 is 14.4 Å². The highest BCUT2D eigenvalue weighted by atomic mass is 16.2. The minimum Gasteiger partial charge on any atom is -0.326 e. The molecule has 0 radical (unpaired) electrons. The Balaban J connectivity index is 1.65. The Morgan fingerprint density at radius 2 is 1.45 bits per heavy atom. The number of nitrogens with one attached hydrogen (secondary N) is 3. The fraction of sp³-hybridized carbons (Fsp3) is 0.174. The molecule has 29 heavy (non-hydrogen) atoms. The second kappa shape index (κ2) is 7.75. The van der Waals surface area contributed by atoms with Crippen molar-refractivity contribution in [3.8, 4) is 0 Å². The zero-order chi connectivity index (χ0) is 20.4. The molecule has 1 aliphatic carbocycles. The third kappa shape index (κ3) is 4.43. The Hall–Kier alpha value is -3.67. The van der Waals surface area contributed by atoms with Crippen LogP contribution in [0, 0.1) is 5.92 Å². The van der Waals surface area contributed by atoms with Gasteiger partial charge in [-0.05, 0) is 53.9 Å². The Kier molecular flexibility index (Phi) is 4.99. The van der Waals surface area contributed by atoms with Gasteiger partial charge < -0.3 is 16.0 Å². The maximum Gasteiger partial charge on any atom is 0.257 e. The van der Waals surface area contributed by atoms with Gasteiger partial charge in [0.15, 0.2) is 0 Å². The summed E-state index contributed by atoms with van der Waals surface area (Å²) in [6.07, 6.45) is 1.77. The van der Waals surface area contributed by atoms with Crippen LogP contribution in [0.15, 0.2) is 60.7 Å². The molecule has 6 nitrogen and oxygen atoms in total. The summed E-state index contributed by atoms with van der Waals surface area (Å²) in [4.78, 5) is 36.6. The maximum absolute atomic E-state index is 13.0. The van der Waals surface area contributed by atoms with E-state index in [0.29, 0.717) is 22.6 Å². The number of hydrogen-bond donors (Lipinski definition) is 3. The van der Waals surface area contributed by atoms with Crippen molar-refractivity contribution in [2.75, 3.05) is 16.0 Å². The molecule has 3 N–H and O–H groups in total. The lowest BCUT2D eigenvalue weighted by atomic mass is 10.0. The SMILES string of the molecule is CC(=O)Nc1cccc(NC(=O)c2cc3ccccc3cc2NC(=O)C2CC2)c1. The van der Waals surface area contributed by atoms with Crippen LogP contribution in [0.1, 0.15) is 30.1 Å². The summed E-state index contributed by atoms with van der Waals surface area (Å²) in [6.45, 7) is 1.43. The number of rotatable bonds is 5. The van der Waals surface area contributed by atoms with Crippen LogP contribution in [0.4, 0.5) is 17.1 Å². The predicted octanol–water partition coefficient (Wildman–Crippen LogP) is 4.40. The topological polar surface area (TPSA) is 87.3 Å². The van der Waals surface area contributed by atoms with Crippen molar-refractivity contribution in [3.63, 3.8) is 0 Å². The van der Waals surface area contributed by atoms with E-state index in [-0.39, 0.29) is 23.6 Å². The summed E-state index contributed by atoms with van der Waals surface area (Å²) in [5.74, 6) is -0.538. The van der Waals surface area contributed by atoms with Gasteiger partial charge in [-0.2, -0.15) is 0 Å². The van der Waals surface area contributed by atoms with Gasteiger partial charge >= 0.3 is 0 Å². The summed E-state index contributed by atoms with van der Waals surface area (Å²) in [7, 11) is 0. The lowest BCUT2D eigenvalue weighted by Gasteiger charge is -2.14. The number of benzene rings is 3. The molecule has 4 rings (SSSR count). The van der Waals surface area contributed by atoms with Gasteiger partial charge in [0.1, 0.15) is 0 Å². The summed E-state index contributed by atoms with van der Waals surface area (Å²) in [5.41, 5.74) is 2.03. The maximum atomic E-state index is 13.0. The quantitative estimate of drug-likeness (QED) is 0.606. The van der Waals surface area contributed by atoms with Crippen molar-refractivity contribution in [2.24, 2.45) is 5.92 Å². The number of carbonyl (C=O) groups is 3. The molecule has 0 heterocycles. The largest absolute Gasteiger partial charge is 0.326 e. The number of fused-ring (bicyclic) bond motifs is 1. The van der Waals surface area contributed by atoms with E-state index in [4.69, 9.17) is 0 Å². The number of anilines is 3. The molecule has 3 aromatic rings. The van der Waals surface area contributed by atoms with E-state index < -0.39 is 0 Å². The summed E-state index contributed by atoms with van der Waals surface area (Å²) in [5, 5.41) is 10.3. The smallest absolute Gasteiger partial charge is 0.257 e. The predicted molar refractivity (Wildman–Crippen MR) is 114 cm³/mol. The Morgan fingerprint density at radius 1 is 0.793 bits per heavy atom. The minimum absolute atomic E-state index is 0.0340. The zero-order valence-corrected chi connectivity index (χ0v) is 16.0. The lowest BCUT2D eigenvalue weighted by molar-refractivity contribution is -0.117. The molecule has 146 valence electrons. The van der Waals surface area contributed by atoms with Gasteiger partial charge in [-0.15, -0.1) is 0 Å². The van der Waals surface area contributed by atoms with Crippen LogP contribution < -0.4 is 16.0 Å². The van der Waals surface area contributed by atoms with Crippen LogP contribution in [0.3, 0.4) is 0 Å². The average molecular weight is 387 g/mol. The van der Waals surface area contributed by atoms with Crippen molar-refractivity contribution in [3.05, 3.63) is 66.2 Å². The van der Waals surface area contributed by atoms with Crippen LogP contribution in [-0.2, 0) is 9.59 Å². The van der Waals surface area contributed by atoms with Gasteiger partial charge in [-0.3, -0.25) is 14.4 Å². The molecule has 0 bridgehead atoms. The van der Waals surface area contributed by atoms with Gasteiger partial charge in [-0.25, -0.2) is 0 Å². The fourth-order valence-corrected chi connectivity index (χ4v) is 3.19. The highest BCUT2D eigenvalue weighted by molar-refractivity contribution is 6.13. The molecule has 3 aromatic carbocycles. The molecule has 3 amide bonds. The molecule has 6 heteroatoms. The first-order chi connectivity index (χ1) is 14.0. The van der Waals surface area contributed by atoms with Crippen LogP contribution in [0.5, 0.6) is 0 Å². The van der Waals surface area contributed by atoms with Crippen molar-refractivity contribution >= 4 is 45.6 Å². The van der Waals surface area contributed by atoms with E-state index in [9.17, 15) is 14.4 Å². The van der Waals surface area contributed by atoms with Gasteiger partial charge in [0.25, 0.3) is 5.91 Å². The van der Waals surface area contributed by atoms with Crippen molar-refractivity contribution in [2.45, 2.75) is 19.8 Å². The van der Waals surface area contributed by atoms with E-state index in [1.807, 2.05) is 30.3 Å². The summed E-state index contributed by atoms with van der Waals surface area (Å²) in [6, 6.07) is 18.2. The Bertz CT molecular complexity index is 1120. The fourth-order valence-electron chi connectivity index (χ4n) is 3.19. The first-order valence-corrected chi connectivity index (χ1v) is 9.52. The normalized spacial score (nSPS) is 13.0. The standard InChI is InChI=1S/C23H21N3O3/c1-14(27)24-18-7-4-8-19(13-18)25-23(29)20-11-16-5-2-3-6-17(16)12-21(20)26-22(28)15-9-10-15/h2-8,11-13,15H,9-10H2,1H3,(H,24,27)(H,25,29)(H,26,28). The number of amides is 3. The average Bonchev–Trinajstić information content (AvgIpc) is 3.52. The van der Waals surface area contributed by atoms with E-state index in [2.05, 4.69) is 16.0 Å². The minimum atomic E-state index is -0.332. The molecule has 1 aliphatic rings. The Labute approximate surface area is 168 Å². The summed E-state index contributed by atoms with van der Waals surface area (Å²) < 4.78 is 0. The van der Waals surface area contributed by atoms with Gasteiger partial charge in [0, 0.05) is 24.2 Å². The molecule has 0 unspecified atom stereocenters. The first kappa shape index (κ1) is 18.7. The van der Waals surface area contributed by atoms with E-state index >= 15 is 0 Å². The molecule has 0 atom stereocenters.